The largest absolute Gasteiger partial charge is 0.436 e. The average molecular weight is 462 g/mol. The Labute approximate surface area is 195 Å². The van der Waals surface area contributed by atoms with Gasteiger partial charge in [-0.2, -0.15) is 0 Å². The van der Waals surface area contributed by atoms with E-state index in [1.165, 1.54) is 0 Å². The second kappa shape index (κ2) is 8.58. The van der Waals surface area contributed by atoms with Gasteiger partial charge in [0.05, 0.1) is 23.4 Å². The van der Waals surface area contributed by atoms with Gasteiger partial charge in [-0.15, -0.1) is 0 Å². The second-order valence-electron chi connectivity index (χ2n) is 8.02. The molecule has 0 unspecified atom stereocenters. The lowest BCUT2D eigenvalue weighted by molar-refractivity contribution is -0.169. The normalized spacial score (nSPS) is 17.5. The number of nitrogens with zero attached hydrogens (tertiary/aromatic N) is 4. The summed E-state index contributed by atoms with van der Waals surface area (Å²) >= 11 is 1.63. The van der Waals surface area contributed by atoms with Crippen LogP contribution in [0.2, 0.25) is 0 Å². The van der Waals surface area contributed by atoms with Crippen LogP contribution in [-0.4, -0.2) is 47.0 Å². The maximum Gasteiger partial charge on any atom is 0.263 e. The van der Waals surface area contributed by atoms with E-state index in [-0.39, 0.29) is 0 Å². The first-order valence-corrected chi connectivity index (χ1v) is 11.8. The smallest absolute Gasteiger partial charge is 0.263 e. The topological polar surface area (TPSA) is 81.6 Å². The van der Waals surface area contributed by atoms with Crippen LogP contribution in [0, 0.1) is 0 Å². The number of piperidine rings is 1. The van der Waals surface area contributed by atoms with Crippen LogP contribution in [0.4, 0.5) is 16.6 Å². The van der Waals surface area contributed by atoms with E-state index < -0.39 is 5.79 Å². The summed E-state index contributed by atoms with van der Waals surface area (Å²) < 4.78 is 18.9. The summed E-state index contributed by atoms with van der Waals surface area (Å²) in [6.45, 7) is 2.90. The molecule has 0 aliphatic carbocycles. The zero-order valence-corrected chi connectivity index (χ0v) is 18.8. The molecule has 0 saturated carbocycles. The zero-order valence-electron chi connectivity index (χ0n) is 17.9. The van der Waals surface area contributed by atoms with Gasteiger partial charge in [-0.25, -0.2) is 15.0 Å². The Morgan fingerprint density at radius 3 is 2.48 bits per heavy atom. The van der Waals surface area contributed by atoms with Crippen molar-refractivity contribution in [2.24, 2.45) is 0 Å². The second-order valence-corrected chi connectivity index (χ2v) is 9.05. The highest BCUT2D eigenvalue weighted by Gasteiger charge is 2.40. The molecule has 2 aromatic carbocycles. The Balaban J connectivity index is 1.14. The van der Waals surface area contributed by atoms with E-state index in [0.717, 1.165) is 52.8 Å². The summed E-state index contributed by atoms with van der Waals surface area (Å²) in [5, 5.41) is 4.22. The zero-order chi connectivity index (χ0) is 22.1. The molecule has 2 saturated heterocycles. The van der Waals surface area contributed by atoms with Crippen molar-refractivity contribution in [3.8, 4) is 11.6 Å². The predicted octanol–water partition coefficient (Wildman–Crippen LogP) is 4.97. The van der Waals surface area contributed by atoms with Gasteiger partial charge in [-0.3, -0.25) is 0 Å². The van der Waals surface area contributed by atoms with Crippen molar-refractivity contribution in [3.63, 3.8) is 0 Å². The summed E-state index contributed by atoms with van der Waals surface area (Å²) in [5.74, 6) is 1.50. The molecular formula is C24H23N5O3S. The third kappa shape index (κ3) is 4.22. The Morgan fingerprint density at radius 2 is 1.70 bits per heavy atom. The molecule has 0 atom stereocenters. The predicted molar refractivity (Wildman–Crippen MR) is 128 cm³/mol. The Bertz CT molecular complexity index is 1210. The number of thiazole rings is 1. The number of hydrogen-bond acceptors (Lipinski definition) is 9. The summed E-state index contributed by atoms with van der Waals surface area (Å²) in [6, 6.07) is 15.9. The van der Waals surface area contributed by atoms with Gasteiger partial charge in [-0.1, -0.05) is 23.5 Å². The first-order valence-electron chi connectivity index (χ1n) is 11.0. The van der Waals surface area contributed by atoms with Gasteiger partial charge < -0.3 is 24.4 Å². The lowest BCUT2D eigenvalue weighted by Gasteiger charge is -2.38. The fourth-order valence-corrected chi connectivity index (χ4v) is 5.10. The molecule has 8 nitrogen and oxygen atoms in total. The summed E-state index contributed by atoms with van der Waals surface area (Å²) in [5.41, 5.74) is 1.94. The molecule has 9 heteroatoms. The van der Waals surface area contributed by atoms with Gasteiger partial charge in [0.1, 0.15) is 5.75 Å². The Kier molecular flexibility index (Phi) is 5.29. The fourth-order valence-electron chi connectivity index (χ4n) is 4.22. The molecule has 1 spiro atoms. The number of rotatable bonds is 5. The highest BCUT2D eigenvalue weighted by Crippen LogP contribution is 2.36. The third-order valence-corrected chi connectivity index (χ3v) is 6.85. The van der Waals surface area contributed by atoms with Crippen LogP contribution in [-0.2, 0) is 9.47 Å². The molecule has 2 fully saturated rings. The first-order chi connectivity index (χ1) is 16.3. The number of para-hydroxylation sites is 1. The molecule has 168 valence electrons. The SMILES string of the molecule is c1ccc2sc(Nc3ccc(Oc4nccnc4N4CCC5(CC4)OCCO5)cc3)nc2c1. The van der Waals surface area contributed by atoms with Gasteiger partial charge in [-0.05, 0) is 36.4 Å². The minimum Gasteiger partial charge on any atom is -0.436 e. The molecule has 1 N–H and O–H groups in total. The highest BCUT2D eigenvalue weighted by molar-refractivity contribution is 7.22. The lowest BCUT2D eigenvalue weighted by atomic mass is 10.0. The van der Waals surface area contributed by atoms with Crippen LogP contribution in [0.5, 0.6) is 11.6 Å². The van der Waals surface area contributed by atoms with Crippen LogP contribution in [0.15, 0.2) is 60.9 Å². The van der Waals surface area contributed by atoms with Crippen molar-refractivity contribution in [2.45, 2.75) is 18.6 Å². The summed E-state index contributed by atoms with van der Waals surface area (Å²) in [4.78, 5) is 15.8. The van der Waals surface area contributed by atoms with E-state index in [2.05, 4.69) is 31.2 Å². The quantitative estimate of drug-likeness (QED) is 0.446. The molecule has 0 bridgehead atoms. The maximum atomic E-state index is 6.11. The van der Waals surface area contributed by atoms with Crippen molar-refractivity contribution in [1.82, 2.24) is 15.0 Å². The molecule has 4 aromatic rings. The summed E-state index contributed by atoms with van der Waals surface area (Å²) in [7, 11) is 0. The van der Waals surface area contributed by atoms with Crippen LogP contribution < -0.4 is 15.0 Å². The number of fused-ring (bicyclic) bond motifs is 1. The molecule has 4 heterocycles. The van der Waals surface area contributed by atoms with Crippen molar-refractivity contribution in [1.29, 1.82) is 0 Å². The first kappa shape index (κ1) is 20.3. The molecule has 2 aliphatic heterocycles. The van der Waals surface area contributed by atoms with E-state index in [1.54, 1.807) is 23.7 Å². The number of benzene rings is 2. The maximum absolute atomic E-state index is 6.11. The monoisotopic (exact) mass is 461 g/mol. The third-order valence-electron chi connectivity index (χ3n) is 5.90. The van der Waals surface area contributed by atoms with Crippen LogP contribution in [0.3, 0.4) is 0 Å². The van der Waals surface area contributed by atoms with Crippen molar-refractivity contribution >= 4 is 38.2 Å². The minimum absolute atomic E-state index is 0.425. The molecule has 2 aliphatic rings. The van der Waals surface area contributed by atoms with Crippen molar-refractivity contribution < 1.29 is 14.2 Å². The number of hydrogen-bond donors (Lipinski definition) is 1. The van der Waals surface area contributed by atoms with E-state index in [1.807, 2.05) is 42.5 Å². The van der Waals surface area contributed by atoms with E-state index in [9.17, 15) is 0 Å². The van der Waals surface area contributed by atoms with Crippen LogP contribution in [0.1, 0.15) is 12.8 Å². The van der Waals surface area contributed by atoms with E-state index in [4.69, 9.17) is 14.2 Å². The van der Waals surface area contributed by atoms with Gasteiger partial charge in [0.2, 0.25) is 0 Å². The Hall–Kier alpha value is -3.27. The Morgan fingerprint density at radius 1 is 0.939 bits per heavy atom. The average Bonchev–Trinajstić information content (AvgIpc) is 3.48. The lowest BCUT2D eigenvalue weighted by Crippen LogP contribution is -2.45. The van der Waals surface area contributed by atoms with Gasteiger partial charge in [0, 0.05) is 44.0 Å². The number of aromatic nitrogens is 3. The van der Waals surface area contributed by atoms with Gasteiger partial charge in [0.15, 0.2) is 16.7 Å². The highest BCUT2D eigenvalue weighted by atomic mass is 32.1. The molecule has 33 heavy (non-hydrogen) atoms. The van der Waals surface area contributed by atoms with E-state index in [0.29, 0.717) is 24.8 Å². The fraction of sp³-hybridized carbons (Fsp3) is 0.292. The van der Waals surface area contributed by atoms with Crippen molar-refractivity contribution in [2.75, 3.05) is 36.5 Å². The molecular weight excluding hydrogens is 438 g/mol. The number of nitrogens with one attached hydrogen (secondary N) is 1. The van der Waals surface area contributed by atoms with Crippen LogP contribution >= 0.6 is 11.3 Å². The number of ether oxygens (including phenoxy) is 3. The van der Waals surface area contributed by atoms with Crippen molar-refractivity contribution in [3.05, 3.63) is 60.9 Å². The molecule has 6 rings (SSSR count). The minimum atomic E-state index is -0.425. The molecule has 0 radical (unpaired) electrons. The number of anilines is 3. The molecule has 2 aromatic heterocycles. The standard InChI is InChI=1S/C24H23N5O3S/c1-2-4-20-19(3-1)28-23(33-20)27-17-5-7-18(8-6-17)32-22-21(25-11-12-26-22)29-13-9-24(10-14-29)30-15-16-31-24/h1-8,11-12H,9-10,13-16H2,(H,27,28). The molecule has 0 amide bonds. The van der Waals surface area contributed by atoms with Crippen LogP contribution in [0.25, 0.3) is 10.2 Å². The summed E-state index contributed by atoms with van der Waals surface area (Å²) in [6.07, 6.45) is 4.95. The van der Waals surface area contributed by atoms with Gasteiger partial charge in [0.25, 0.3) is 5.88 Å². The van der Waals surface area contributed by atoms with E-state index >= 15 is 0 Å². The van der Waals surface area contributed by atoms with Gasteiger partial charge >= 0.3 is 0 Å².